The third-order valence-electron chi connectivity index (χ3n) is 4.13. The lowest BCUT2D eigenvalue weighted by molar-refractivity contribution is -0.383. The molecule has 0 aromatic heterocycles. The average molecular weight is 335 g/mol. The second kappa shape index (κ2) is 6.60. The van der Waals surface area contributed by atoms with Gasteiger partial charge in [-0.1, -0.05) is 42.5 Å². The molecule has 0 fully saturated rings. The van der Waals surface area contributed by atoms with Crippen LogP contribution in [0, 0.1) is 10.1 Å². The van der Waals surface area contributed by atoms with Crippen molar-refractivity contribution in [2.45, 2.75) is 13.0 Å². The molecule has 0 aliphatic rings. The smallest absolute Gasteiger partial charge is 0.292 e. The van der Waals surface area contributed by atoms with Crippen molar-refractivity contribution in [1.82, 2.24) is 5.32 Å². The Labute approximate surface area is 144 Å². The minimum Gasteiger partial charge on any atom is -0.393 e. The first-order valence-corrected chi connectivity index (χ1v) is 7.80. The van der Waals surface area contributed by atoms with Crippen LogP contribution in [0.15, 0.2) is 60.7 Å². The predicted octanol–water partition coefficient (Wildman–Crippen LogP) is 3.82. The minimum atomic E-state index is -0.597. The summed E-state index contributed by atoms with van der Waals surface area (Å²) in [4.78, 5) is 22.9. The highest BCUT2D eigenvalue weighted by Gasteiger charge is 2.18. The molecule has 0 heterocycles. The van der Waals surface area contributed by atoms with Gasteiger partial charge in [0.15, 0.2) is 0 Å². The van der Waals surface area contributed by atoms with E-state index in [0.717, 1.165) is 16.3 Å². The maximum Gasteiger partial charge on any atom is 0.292 e. The standard InChI is InChI=1S/C19H17N3O3/c1-12(15-8-4-6-13-5-2-3-7-16(13)15)21-19(23)14-9-10-17(20)18(11-14)22(24)25/h2-12H,20H2,1H3,(H,21,23). The summed E-state index contributed by atoms with van der Waals surface area (Å²) in [5, 5.41) is 16.0. The largest absolute Gasteiger partial charge is 0.393 e. The van der Waals surface area contributed by atoms with Gasteiger partial charge in [0, 0.05) is 11.6 Å². The van der Waals surface area contributed by atoms with E-state index in [1.165, 1.54) is 18.2 Å². The Hall–Kier alpha value is -3.41. The number of nitrogens with zero attached hydrogens (tertiary/aromatic N) is 1. The fraction of sp³-hybridized carbons (Fsp3) is 0.105. The van der Waals surface area contributed by atoms with Crippen molar-refractivity contribution in [1.29, 1.82) is 0 Å². The number of rotatable bonds is 4. The summed E-state index contributed by atoms with van der Waals surface area (Å²) in [6, 6.07) is 17.6. The number of hydrogen-bond acceptors (Lipinski definition) is 4. The third-order valence-corrected chi connectivity index (χ3v) is 4.13. The number of hydrogen-bond donors (Lipinski definition) is 2. The number of nitro benzene ring substituents is 1. The number of carbonyl (C=O) groups is 1. The number of anilines is 1. The first-order valence-electron chi connectivity index (χ1n) is 7.80. The number of nitrogens with two attached hydrogens (primary N) is 1. The molecule has 3 aromatic carbocycles. The zero-order valence-corrected chi connectivity index (χ0v) is 13.6. The van der Waals surface area contributed by atoms with Crippen LogP contribution in [-0.2, 0) is 0 Å². The van der Waals surface area contributed by atoms with E-state index in [2.05, 4.69) is 5.32 Å². The van der Waals surface area contributed by atoms with Crippen LogP contribution in [0.1, 0.15) is 28.9 Å². The van der Waals surface area contributed by atoms with Gasteiger partial charge in [-0.15, -0.1) is 0 Å². The minimum absolute atomic E-state index is 0.0312. The van der Waals surface area contributed by atoms with Crippen LogP contribution < -0.4 is 11.1 Å². The molecule has 3 N–H and O–H groups in total. The first-order chi connectivity index (χ1) is 12.0. The van der Waals surface area contributed by atoms with Crippen LogP contribution in [-0.4, -0.2) is 10.8 Å². The summed E-state index contributed by atoms with van der Waals surface area (Å²) in [7, 11) is 0. The molecular formula is C19H17N3O3. The summed E-state index contributed by atoms with van der Waals surface area (Å²) < 4.78 is 0. The summed E-state index contributed by atoms with van der Waals surface area (Å²) in [6.45, 7) is 1.88. The van der Waals surface area contributed by atoms with Crippen molar-refractivity contribution in [3.63, 3.8) is 0 Å². The van der Waals surface area contributed by atoms with E-state index in [4.69, 9.17) is 5.73 Å². The van der Waals surface area contributed by atoms with Crippen LogP contribution in [0.2, 0.25) is 0 Å². The van der Waals surface area contributed by atoms with Gasteiger partial charge in [0.1, 0.15) is 5.69 Å². The molecule has 3 rings (SSSR count). The molecule has 1 atom stereocenters. The van der Waals surface area contributed by atoms with Crippen LogP contribution in [0.3, 0.4) is 0 Å². The van der Waals surface area contributed by atoms with Crippen molar-refractivity contribution >= 4 is 28.1 Å². The van der Waals surface area contributed by atoms with Gasteiger partial charge in [0.2, 0.25) is 0 Å². The van der Waals surface area contributed by atoms with E-state index >= 15 is 0 Å². The molecule has 25 heavy (non-hydrogen) atoms. The number of nitrogens with one attached hydrogen (secondary N) is 1. The lowest BCUT2D eigenvalue weighted by atomic mass is 9.99. The summed E-state index contributed by atoms with van der Waals surface area (Å²) in [6.07, 6.45) is 0. The number of benzene rings is 3. The van der Waals surface area contributed by atoms with E-state index in [0.29, 0.717) is 0 Å². The Kier molecular flexibility index (Phi) is 4.35. The Morgan fingerprint density at radius 3 is 2.60 bits per heavy atom. The molecular weight excluding hydrogens is 318 g/mol. The normalized spacial score (nSPS) is 11.9. The number of nitro groups is 1. The second-order valence-corrected chi connectivity index (χ2v) is 5.79. The third kappa shape index (κ3) is 3.28. The molecule has 0 spiro atoms. The first kappa shape index (κ1) is 16.4. The quantitative estimate of drug-likeness (QED) is 0.430. The van der Waals surface area contributed by atoms with Gasteiger partial charge >= 0.3 is 0 Å². The molecule has 0 saturated carbocycles. The molecule has 0 radical (unpaired) electrons. The molecule has 126 valence electrons. The zero-order chi connectivity index (χ0) is 18.0. The van der Waals surface area contributed by atoms with Gasteiger partial charge in [-0.05, 0) is 35.4 Å². The van der Waals surface area contributed by atoms with E-state index in [-0.39, 0.29) is 28.9 Å². The Morgan fingerprint density at radius 1 is 1.12 bits per heavy atom. The molecule has 1 amide bonds. The number of carbonyl (C=O) groups excluding carboxylic acids is 1. The van der Waals surface area contributed by atoms with Crippen molar-refractivity contribution < 1.29 is 9.72 Å². The maximum absolute atomic E-state index is 12.5. The highest BCUT2D eigenvalue weighted by Crippen LogP contribution is 2.25. The Morgan fingerprint density at radius 2 is 1.84 bits per heavy atom. The number of fused-ring (bicyclic) bond motifs is 1. The van der Waals surface area contributed by atoms with Crippen LogP contribution in [0.5, 0.6) is 0 Å². The molecule has 0 aliphatic carbocycles. The molecule has 6 nitrogen and oxygen atoms in total. The summed E-state index contributed by atoms with van der Waals surface area (Å²) in [5.41, 5.74) is 6.51. The zero-order valence-electron chi connectivity index (χ0n) is 13.6. The lowest BCUT2D eigenvalue weighted by Gasteiger charge is -2.17. The summed E-state index contributed by atoms with van der Waals surface area (Å²) in [5.74, 6) is -0.386. The van der Waals surface area contributed by atoms with Crippen LogP contribution >= 0.6 is 0 Å². The molecule has 0 saturated heterocycles. The van der Waals surface area contributed by atoms with E-state index in [1.807, 2.05) is 49.4 Å². The van der Waals surface area contributed by atoms with Crippen molar-refractivity contribution in [3.8, 4) is 0 Å². The van der Waals surface area contributed by atoms with Gasteiger partial charge in [0.05, 0.1) is 11.0 Å². The monoisotopic (exact) mass is 335 g/mol. The second-order valence-electron chi connectivity index (χ2n) is 5.79. The van der Waals surface area contributed by atoms with Gasteiger partial charge in [-0.3, -0.25) is 14.9 Å². The van der Waals surface area contributed by atoms with Crippen LogP contribution in [0.25, 0.3) is 10.8 Å². The van der Waals surface area contributed by atoms with E-state index < -0.39 is 4.92 Å². The Balaban J connectivity index is 1.88. The van der Waals surface area contributed by atoms with E-state index in [1.54, 1.807) is 0 Å². The highest BCUT2D eigenvalue weighted by atomic mass is 16.6. The van der Waals surface area contributed by atoms with Crippen LogP contribution in [0.4, 0.5) is 11.4 Å². The topological polar surface area (TPSA) is 98.3 Å². The van der Waals surface area contributed by atoms with Gasteiger partial charge in [-0.25, -0.2) is 0 Å². The van der Waals surface area contributed by atoms with E-state index in [9.17, 15) is 14.9 Å². The van der Waals surface area contributed by atoms with Gasteiger partial charge in [0.25, 0.3) is 11.6 Å². The number of nitrogen functional groups attached to an aromatic ring is 1. The molecule has 3 aromatic rings. The number of amides is 1. The average Bonchev–Trinajstić information content (AvgIpc) is 2.61. The highest BCUT2D eigenvalue weighted by molar-refractivity contribution is 5.96. The fourth-order valence-corrected chi connectivity index (χ4v) is 2.83. The van der Waals surface area contributed by atoms with Crippen molar-refractivity contribution in [2.75, 3.05) is 5.73 Å². The fourth-order valence-electron chi connectivity index (χ4n) is 2.83. The maximum atomic E-state index is 12.5. The molecule has 1 unspecified atom stereocenters. The lowest BCUT2D eigenvalue weighted by Crippen LogP contribution is -2.26. The van der Waals surface area contributed by atoms with Gasteiger partial charge in [-0.2, -0.15) is 0 Å². The SMILES string of the molecule is CC(NC(=O)c1ccc(N)c([N+](=O)[O-])c1)c1cccc2ccccc12. The molecule has 0 bridgehead atoms. The Bertz CT molecular complexity index is 964. The van der Waals surface area contributed by atoms with Crippen molar-refractivity contribution in [2.24, 2.45) is 0 Å². The van der Waals surface area contributed by atoms with Crippen molar-refractivity contribution in [3.05, 3.63) is 81.9 Å². The molecule has 0 aliphatic heterocycles. The summed E-state index contributed by atoms with van der Waals surface area (Å²) >= 11 is 0. The molecule has 6 heteroatoms. The van der Waals surface area contributed by atoms with Gasteiger partial charge < -0.3 is 11.1 Å². The predicted molar refractivity (Wildman–Crippen MR) is 97.3 cm³/mol.